The van der Waals surface area contributed by atoms with E-state index in [-0.39, 0.29) is 43.3 Å². The van der Waals surface area contributed by atoms with Gasteiger partial charge in [-0.05, 0) is 38.3 Å². The number of rotatable bonds is 11. The number of thiophene rings is 1. The van der Waals surface area contributed by atoms with E-state index in [1.165, 1.54) is 11.3 Å². The van der Waals surface area contributed by atoms with Gasteiger partial charge < -0.3 is 14.6 Å². The predicted molar refractivity (Wildman–Crippen MR) is 121 cm³/mol. The van der Waals surface area contributed by atoms with E-state index in [1.807, 2.05) is 6.92 Å². The normalized spacial score (nSPS) is 10.8. The first-order chi connectivity index (χ1) is 15.8. The maximum absolute atomic E-state index is 12.6. The van der Waals surface area contributed by atoms with Crippen LogP contribution >= 0.6 is 11.3 Å². The predicted octanol–water partition coefficient (Wildman–Crippen LogP) is 3.35. The molecule has 0 bridgehead atoms. The van der Waals surface area contributed by atoms with E-state index in [0.717, 1.165) is 5.69 Å². The van der Waals surface area contributed by atoms with Crippen molar-refractivity contribution in [1.82, 2.24) is 15.0 Å². The number of ketones is 2. The molecular formula is C23H25N3O6S. The van der Waals surface area contributed by atoms with Crippen LogP contribution in [0.15, 0.2) is 34.2 Å². The van der Waals surface area contributed by atoms with Crippen LogP contribution in [0.25, 0.3) is 5.82 Å². The Balaban J connectivity index is 1.40. The summed E-state index contributed by atoms with van der Waals surface area (Å²) in [4.78, 5) is 48.9. The van der Waals surface area contributed by atoms with Gasteiger partial charge in [-0.1, -0.05) is 11.2 Å². The van der Waals surface area contributed by atoms with Crippen molar-refractivity contribution in [3.05, 3.63) is 57.2 Å². The first-order valence-corrected chi connectivity index (χ1v) is 11.3. The van der Waals surface area contributed by atoms with E-state index >= 15 is 0 Å². The standard InChI is InChI=1S/C23H25N3O6S/c1-14-11-17(16(3)26(14)21-12-15(2)32-25-21)19(28)13-31-23(30)8-9-24-22(29)7-6-18(27)20-5-4-10-33-20/h4-5,10-12H,6-9,13H2,1-3H3,(H,24,29). The highest BCUT2D eigenvalue weighted by Gasteiger charge is 2.19. The third-order valence-electron chi connectivity index (χ3n) is 4.97. The minimum atomic E-state index is -0.598. The van der Waals surface area contributed by atoms with Gasteiger partial charge in [0, 0.05) is 42.4 Å². The van der Waals surface area contributed by atoms with Gasteiger partial charge in [0.25, 0.3) is 0 Å². The van der Waals surface area contributed by atoms with Gasteiger partial charge >= 0.3 is 5.97 Å². The van der Waals surface area contributed by atoms with Gasteiger partial charge in [-0.3, -0.25) is 23.7 Å². The quantitative estimate of drug-likeness (QED) is 0.336. The molecule has 0 spiro atoms. The van der Waals surface area contributed by atoms with Crippen LogP contribution in [0.5, 0.6) is 0 Å². The first kappa shape index (κ1) is 24.1. The maximum atomic E-state index is 12.6. The van der Waals surface area contributed by atoms with E-state index in [9.17, 15) is 19.2 Å². The molecule has 9 nitrogen and oxygen atoms in total. The molecule has 0 saturated heterocycles. The van der Waals surface area contributed by atoms with Crippen LogP contribution in [0, 0.1) is 20.8 Å². The van der Waals surface area contributed by atoms with Crippen LogP contribution in [-0.2, 0) is 14.3 Å². The summed E-state index contributed by atoms with van der Waals surface area (Å²) in [7, 11) is 0. The Hall–Kier alpha value is -3.53. The number of carbonyl (C=O) groups excluding carboxylic acids is 4. The third-order valence-corrected chi connectivity index (χ3v) is 5.88. The lowest BCUT2D eigenvalue weighted by atomic mass is 10.1. The van der Waals surface area contributed by atoms with Crippen molar-refractivity contribution >= 4 is 34.8 Å². The number of carbonyl (C=O) groups is 4. The molecule has 1 amide bonds. The van der Waals surface area contributed by atoms with E-state index in [2.05, 4.69) is 10.5 Å². The SMILES string of the molecule is Cc1cc(-n2c(C)cc(C(=O)COC(=O)CCNC(=O)CCC(=O)c3cccs3)c2C)no1. The van der Waals surface area contributed by atoms with Gasteiger partial charge in [-0.15, -0.1) is 11.3 Å². The van der Waals surface area contributed by atoms with E-state index < -0.39 is 12.6 Å². The zero-order valence-corrected chi connectivity index (χ0v) is 19.5. The lowest BCUT2D eigenvalue weighted by Gasteiger charge is -2.07. The molecule has 0 aliphatic rings. The van der Waals surface area contributed by atoms with Crippen molar-refractivity contribution in [3.8, 4) is 5.82 Å². The minimum Gasteiger partial charge on any atom is -0.457 e. The van der Waals surface area contributed by atoms with Gasteiger partial charge in [0.1, 0.15) is 5.76 Å². The van der Waals surface area contributed by atoms with Crippen molar-refractivity contribution < 1.29 is 28.4 Å². The first-order valence-electron chi connectivity index (χ1n) is 10.4. The second kappa shape index (κ2) is 10.9. The van der Waals surface area contributed by atoms with Crippen molar-refractivity contribution in [2.45, 2.75) is 40.0 Å². The van der Waals surface area contributed by atoms with Crippen molar-refractivity contribution in [1.29, 1.82) is 0 Å². The van der Waals surface area contributed by atoms with Crippen molar-refractivity contribution in [2.75, 3.05) is 13.2 Å². The number of esters is 1. The molecule has 3 aromatic heterocycles. The number of nitrogens with one attached hydrogen (secondary N) is 1. The van der Waals surface area contributed by atoms with Gasteiger partial charge in [0.2, 0.25) is 11.7 Å². The molecule has 1 N–H and O–H groups in total. The van der Waals surface area contributed by atoms with Crippen LogP contribution in [0.4, 0.5) is 0 Å². The molecule has 0 radical (unpaired) electrons. The minimum absolute atomic E-state index is 0.0466. The van der Waals surface area contributed by atoms with Gasteiger partial charge in [-0.2, -0.15) is 0 Å². The van der Waals surface area contributed by atoms with Gasteiger partial charge in [-0.25, -0.2) is 0 Å². The molecule has 0 aromatic carbocycles. The number of Topliss-reactive ketones (excluding diaryl/α,β-unsaturated/α-hetero) is 2. The Kier molecular flexibility index (Phi) is 7.94. The number of hydrogen-bond acceptors (Lipinski definition) is 8. The highest BCUT2D eigenvalue weighted by Crippen LogP contribution is 2.21. The number of ether oxygens (including phenoxy) is 1. The number of aryl methyl sites for hydroxylation is 2. The second-order valence-electron chi connectivity index (χ2n) is 7.50. The van der Waals surface area contributed by atoms with E-state index in [0.29, 0.717) is 27.7 Å². The molecule has 3 aromatic rings. The van der Waals surface area contributed by atoms with Crippen LogP contribution in [0.2, 0.25) is 0 Å². The van der Waals surface area contributed by atoms with Crippen LogP contribution in [0.3, 0.4) is 0 Å². The average molecular weight is 472 g/mol. The van der Waals surface area contributed by atoms with Crippen molar-refractivity contribution in [3.63, 3.8) is 0 Å². The van der Waals surface area contributed by atoms with Crippen LogP contribution in [0.1, 0.15) is 56.4 Å². The zero-order chi connectivity index (χ0) is 24.0. The molecular weight excluding hydrogens is 446 g/mol. The Morgan fingerprint density at radius 2 is 1.88 bits per heavy atom. The fourth-order valence-electron chi connectivity index (χ4n) is 3.33. The number of hydrogen-bond donors (Lipinski definition) is 1. The fourth-order valence-corrected chi connectivity index (χ4v) is 4.03. The summed E-state index contributed by atoms with van der Waals surface area (Å²) in [5, 5.41) is 8.36. The zero-order valence-electron chi connectivity index (χ0n) is 18.7. The molecule has 3 heterocycles. The molecule has 3 rings (SSSR count). The van der Waals surface area contributed by atoms with Crippen molar-refractivity contribution in [2.24, 2.45) is 0 Å². The maximum Gasteiger partial charge on any atom is 0.308 e. The Morgan fingerprint density at radius 3 is 2.55 bits per heavy atom. The molecule has 0 fully saturated rings. The summed E-state index contributed by atoms with van der Waals surface area (Å²) in [6.07, 6.45) is 0.0810. The number of aromatic nitrogens is 2. The lowest BCUT2D eigenvalue weighted by Crippen LogP contribution is -2.27. The monoisotopic (exact) mass is 471 g/mol. The second-order valence-corrected chi connectivity index (χ2v) is 8.45. The summed E-state index contributed by atoms with van der Waals surface area (Å²) in [5.74, 6) is -0.111. The Bertz CT molecular complexity index is 1160. The topological polar surface area (TPSA) is 120 Å². The number of amides is 1. The summed E-state index contributed by atoms with van der Waals surface area (Å²) in [5.41, 5.74) is 1.91. The molecule has 33 heavy (non-hydrogen) atoms. The summed E-state index contributed by atoms with van der Waals surface area (Å²) in [6, 6.07) is 6.98. The van der Waals surface area contributed by atoms with E-state index in [1.54, 1.807) is 48.1 Å². The fraction of sp³-hybridized carbons (Fsp3) is 0.348. The van der Waals surface area contributed by atoms with Crippen LogP contribution < -0.4 is 5.32 Å². The summed E-state index contributed by atoms with van der Waals surface area (Å²) >= 11 is 1.33. The van der Waals surface area contributed by atoms with Gasteiger partial charge in [0.15, 0.2) is 18.2 Å². The summed E-state index contributed by atoms with van der Waals surface area (Å²) in [6.45, 7) is 5.08. The smallest absolute Gasteiger partial charge is 0.308 e. The molecule has 0 unspecified atom stereocenters. The molecule has 10 heteroatoms. The largest absolute Gasteiger partial charge is 0.457 e. The highest BCUT2D eigenvalue weighted by molar-refractivity contribution is 7.12. The Labute approximate surface area is 194 Å². The Morgan fingerprint density at radius 1 is 1.09 bits per heavy atom. The molecule has 0 aliphatic carbocycles. The molecule has 174 valence electrons. The molecule has 0 atom stereocenters. The number of nitrogens with zero attached hydrogens (tertiary/aromatic N) is 2. The lowest BCUT2D eigenvalue weighted by molar-refractivity contribution is -0.142. The average Bonchev–Trinajstić information content (AvgIpc) is 3.51. The van der Waals surface area contributed by atoms with Crippen LogP contribution in [-0.4, -0.2) is 46.3 Å². The molecule has 0 saturated carbocycles. The third kappa shape index (κ3) is 6.26. The summed E-state index contributed by atoms with van der Waals surface area (Å²) < 4.78 is 12.0. The van der Waals surface area contributed by atoms with E-state index in [4.69, 9.17) is 9.26 Å². The van der Waals surface area contributed by atoms with Gasteiger partial charge in [0.05, 0.1) is 11.3 Å². The highest BCUT2D eigenvalue weighted by atomic mass is 32.1. The molecule has 0 aliphatic heterocycles.